The zero-order valence-corrected chi connectivity index (χ0v) is 21.2. The van der Waals surface area contributed by atoms with Crippen LogP contribution in [0.4, 0.5) is 5.69 Å². The van der Waals surface area contributed by atoms with Crippen molar-refractivity contribution in [3.8, 4) is 11.5 Å². The molecule has 174 valence electrons. The van der Waals surface area contributed by atoms with E-state index >= 15 is 0 Å². The predicted molar refractivity (Wildman–Crippen MR) is 143 cm³/mol. The van der Waals surface area contributed by atoms with Crippen molar-refractivity contribution in [2.75, 3.05) is 0 Å². The highest BCUT2D eigenvalue weighted by Crippen LogP contribution is 2.34. The maximum absolute atomic E-state index is 6.15. The van der Waals surface area contributed by atoms with Gasteiger partial charge in [0.05, 0.1) is 11.9 Å². The fraction of sp³-hybridized carbons (Fsp3) is 0.333. The lowest BCUT2D eigenvalue weighted by Crippen LogP contribution is -1.96. The third-order valence-corrected chi connectivity index (χ3v) is 5.15. The van der Waals surface area contributed by atoms with Crippen LogP contribution in [0.25, 0.3) is 11.5 Å². The molecule has 0 aliphatic carbocycles. The van der Waals surface area contributed by atoms with Crippen LogP contribution in [0.5, 0.6) is 0 Å². The first-order chi connectivity index (χ1) is 16.0. The molecule has 3 rings (SSSR count). The molecule has 33 heavy (non-hydrogen) atoms. The maximum atomic E-state index is 6.15. The van der Waals surface area contributed by atoms with Crippen molar-refractivity contribution in [1.29, 1.82) is 0 Å². The van der Waals surface area contributed by atoms with E-state index in [1.54, 1.807) is 0 Å². The number of aliphatic imine (C=N–C) groups is 1. The van der Waals surface area contributed by atoms with Gasteiger partial charge in [-0.05, 0) is 42.0 Å². The Morgan fingerprint density at radius 3 is 2.09 bits per heavy atom. The van der Waals surface area contributed by atoms with Crippen LogP contribution in [-0.2, 0) is 6.42 Å². The highest BCUT2D eigenvalue weighted by Gasteiger charge is 2.15. The molecule has 0 aliphatic heterocycles. The molecular weight excluding hydrogens is 404 g/mol. The SMILES string of the molecule is C/C=C\C=C/Cc1oc(-c2ccccc2)nc1C=Nc1c(C(C)C)cccc1C(C)C.CC. The molecule has 3 heteroatoms. The molecule has 1 aromatic heterocycles. The van der Waals surface area contributed by atoms with E-state index in [0.717, 1.165) is 22.7 Å². The van der Waals surface area contributed by atoms with Crippen molar-refractivity contribution in [1.82, 2.24) is 4.98 Å². The number of aromatic nitrogens is 1. The first-order valence-corrected chi connectivity index (χ1v) is 12.0. The van der Waals surface area contributed by atoms with Gasteiger partial charge in [0, 0.05) is 12.0 Å². The summed E-state index contributed by atoms with van der Waals surface area (Å²) >= 11 is 0. The summed E-state index contributed by atoms with van der Waals surface area (Å²) in [5.74, 6) is 2.23. The van der Waals surface area contributed by atoms with E-state index in [1.807, 2.05) is 75.5 Å². The molecule has 0 saturated carbocycles. The van der Waals surface area contributed by atoms with Crippen LogP contribution in [0.15, 0.2) is 82.2 Å². The highest BCUT2D eigenvalue weighted by molar-refractivity contribution is 5.83. The number of benzene rings is 2. The van der Waals surface area contributed by atoms with Gasteiger partial charge >= 0.3 is 0 Å². The van der Waals surface area contributed by atoms with Crippen molar-refractivity contribution in [2.24, 2.45) is 4.99 Å². The Morgan fingerprint density at radius 2 is 1.52 bits per heavy atom. The van der Waals surface area contributed by atoms with E-state index in [0.29, 0.717) is 24.1 Å². The molecule has 0 atom stereocenters. The summed E-state index contributed by atoms with van der Waals surface area (Å²) in [6, 6.07) is 16.5. The Morgan fingerprint density at radius 1 is 0.879 bits per heavy atom. The van der Waals surface area contributed by atoms with E-state index in [4.69, 9.17) is 14.4 Å². The molecule has 0 bridgehead atoms. The van der Waals surface area contributed by atoms with Gasteiger partial charge < -0.3 is 4.42 Å². The molecular formula is C30H38N2O. The number of hydrogen-bond donors (Lipinski definition) is 0. The summed E-state index contributed by atoms with van der Waals surface area (Å²) in [5.41, 5.74) is 5.29. The van der Waals surface area contributed by atoms with Crippen LogP contribution in [-0.4, -0.2) is 11.2 Å². The molecule has 2 aromatic carbocycles. The van der Waals surface area contributed by atoms with Crippen molar-refractivity contribution < 1.29 is 4.42 Å². The lowest BCUT2D eigenvalue weighted by molar-refractivity contribution is 0.531. The maximum Gasteiger partial charge on any atom is 0.226 e. The summed E-state index contributed by atoms with van der Waals surface area (Å²) in [4.78, 5) is 9.72. The normalized spacial score (nSPS) is 11.8. The number of allylic oxidation sites excluding steroid dienone is 4. The molecule has 1 heterocycles. The van der Waals surface area contributed by atoms with E-state index in [1.165, 1.54) is 11.1 Å². The van der Waals surface area contributed by atoms with Crippen LogP contribution in [0, 0.1) is 0 Å². The summed E-state index contributed by atoms with van der Waals surface area (Å²) in [5, 5.41) is 0. The number of oxazole rings is 1. The van der Waals surface area contributed by atoms with Gasteiger partial charge in [0.15, 0.2) is 0 Å². The van der Waals surface area contributed by atoms with Crippen LogP contribution in [0.2, 0.25) is 0 Å². The third kappa shape index (κ3) is 7.15. The molecule has 0 spiro atoms. The minimum Gasteiger partial charge on any atom is -0.440 e. The molecule has 0 N–H and O–H groups in total. The van der Waals surface area contributed by atoms with E-state index < -0.39 is 0 Å². The van der Waals surface area contributed by atoms with Gasteiger partial charge in [0.1, 0.15) is 11.5 Å². The molecule has 3 nitrogen and oxygen atoms in total. The van der Waals surface area contributed by atoms with Crippen molar-refractivity contribution in [2.45, 2.75) is 66.7 Å². The number of nitrogens with zero attached hydrogens (tertiary/aromatic N) is 2. The smallest absolute Gasteiger partial charge is 0.226 e. The van der Waals surface area contributed by atoms with Crippen LogP contribution < -0.4 is 0 Å². The van der Waals surface area contributed by atoms with E-state index in [-0.39, 0.29) is 0 Å². The topological polar surface area (TPSA) is 38.4 Å². The van der Waals surface area contributed by atoms with E-state index in [9.17, 15) is 0 Å². The second-order valence-electron chi connectivity index (χ2n) is 8.20. The summed E-state index contributed by atoms with van der Waals surface area (Å²) < 4.78 is 6.15. The second kappa shape index (κ2) is 13.4. The van der Waals surface area contributed by atoms with Gasteiger partial charge in [-0.3, -0.25) is 4.99 Å². The molecule has 0 unspecified atom stereocenters. The average Bonchev–Trinajstić information content (AvgIpc) is 3.25. The van der Waals surface area contributed by atoms with Crippen LogP contribution >= 0.6 is 0 Å². The Labute approximate surface area is 200 Å². The van der Waals surface area contributed by atoms with Crippen molar-refractivity contribution in [3.05, 3.63) is 95.4 Å². The minimum absolute atomic E-state index is 0.395. The quantitative estimate of drug-likeness (QED) is 0.258. The van der Waals surface area contributed by atoms with Gasteiger partial charge in [-0.2, -0.15) is 0 Å². The number of para-hydroxylation sites is 1. The molecule has 0 saturated heterocycles. The highest BCUT2D eigenvalue weighted by atomic mass is 16.4. The van der Waals surface area contributed by atoms with Gasteiger partial charge in [-0.1, -0.05) is 102 Å². The third-order valence-electron chi connectivity index (χ3n) is 5.15. The number of hydrogen-bond acceptors (Lipinski definition) is 3. The average molecular weight is 443 g/mol. The lowest BCUT2D eigenvalue weighted by atomic mass is 9.93. The fourth-order valence-corrected chi connectivity index (χ4v) is 3.47. The van der Waals surface area contributed by atoms with E-state index in [2.05, 4.69) is 52.0 Å². The zero-order valence-electron chi connectivity index (χ0n) is 21.2. The van der Waals surface area contributed by atoms with Gasteiger partial charge in [-0.25, -0.2) is 4.98 Å². The first kappa shape index (κ1) is 26.1. The van der Waals surface area contributed by atoms with Gasteiger partial charge in [0.25, 0.3) is 0 Å². The van der Waals surface area contributed by atoms with Crippen LogP contribution in [0.3, 0.4) is 0 Å². The van der Waals surface area contributed by atoms with Crippen LogP contribution in [0.1, 0.15) is 82.9 Å². The molecule has 0 aliphatic rings. The Kier molecular flexibility index (Phi) is 10.6. The molecule has 0 fully saturated rings. The molecule has 0 radical (unpaired) electrons. The second-order valence-corrected chi connectivity index (χ2v) is 8.20. The van der Waals surface area contributed by atoms with Gasteiger partial charge in [-0.15, -0.1) is 0 Å². The monoisotopic (exact) mass is 442 g/mol. The molecule has 3 aromatic rings. The molecule has 0 amide bonds. The van der Waals surface area contributed by atoms with Gasteiger partial charge in [0.2, 0.25) is 5.89 Å². The summed E-state index contributed by atoms with van der Waals surface area (Å²) in [6.45, 7) is 14.8. The van der Waals surface area contributed by atoms with Crippen molar-refractivity contribution >= 4 is 11.9 Å². The zero-order chi connectivity index (χ0) is 24.2. The minimum atomic E-state index is 0.395. The lowest BCUT2D eigenvalue weighted by Gasteiger charge is -2.16. The summed E-state index contributed by atoms with van der Waals surface area (Å²) in [7, 11) is 0. The number of rotatable bonds is 8. The first-order valence-electron chi connectivity index (χ1n) is 12.0. The Balaban J connectivity index is 0.00000187. The fourth-order valence-electron chi connectivity index (χ4n) is 3.47. The standard InChI is InChI=1S/C28H32N2O.C2H6/c1-6-7-8-12-18-26-25(30-28(31-26)22-14-10-9-11-15-22)19-29-27-23(20(2)3)16-13-17-24(27)21(4)5;1-2/h6-17,19-21H,18H2,1-5H3;1-2H3/b7-6-,12-8-,29-19?;. The largest absolute Gasteiger partial charge is 0.440 e. The van der Waals surface area contributed by atoms with Crippen molar-refractivity contribution in [3.63, 3.8) is 0 Å². The summed E-state index contributed by atoms with van der Waals surface area (Å²) in [6.07, 6.45) is 10.6. The predicted octanol–water partition coefficient (Wildman–Crippen LogP) is 9.04. The Bertz CT molecular complexity index is 1040. The Hall–Kier alpha value is -3.20.